The Morgan fingerprint density at radius 3 is 2.09 bits per heavy atom. The molecule has 0 saturated carbocycles. The van der Waals surface area contributed by atoms with Crippen molar-refractivity contribution in [1.29, 1.82) is 0 Å². The highest BCUT2D eigenvalue weighted by molar-refractivity contribution is 4.89. The van der Waals surface area contributed by atoms with Crippen molar-refractivity contribution in [3.63, 3.8) is 0 Å². The molecule has 0 aliphatic heterocycles. The second-order valence-electron chi connectivity index (χ2n) is 2.79. The first-order valence-corrected chi connectivity index (χ1v) is 4.16. The van der Waals surface area contributed by atoms with Crippen molar-refractivity contribution in [3.05, 3.63) is 12.2 Å². The van der Waals surface area contributed by atoms with E-state index in [0.717, 1.165) is 12.8 Å². The molecule has 11 heavy (non-hydrogen) atoms. The van der Waals surface area contributed by atoms with E-state index in [4.69, 9.17) is 5.11 Å². The van der Waals surface area contributed by atoms with Crippen LogP contribution in [0.1, 0.15) is 33.1 Å². The lowest BCUT2D eigenvalue weighted by atomic mass is 9.93. The number of rotatable bonds is 5. The van der Waals surface area contributed by atoms with Gasteiger partial charge in [0.1, 0.15) is 0 Å². The van der Waals surface area contributed by atoms with Crippen LogP contribution in [0.5, 0.6) is 0 Å². The minimum atomic E-state index is -0.564. The zero-order valence-electron chi connectivity index (χ0n) is 7.38. The van der Waals surface area contributed by atoms with Crippen molar-refractivity contribution in [2.24, 2.45) is 0 Å². The molecule has 0 saturated heterocycles. The Kier molecular flexibility index (Phi) is 5.16. The van der Waals surface area contributed by atoms with Crippen LogP contribution in [0.3, 0.4) is 0 Å². The van der Waals surface area contributed by atoms with Crippen LogP contribution < -0.4 is 0 Å². The molecule has 0 radical (unpaired) electrons. The summed E-state index contributed by atoms with van der Waals surface area (Å²) in [7, 11) is 0. The summed E-state index contributed by atoms with van der Waals surface area (Å²) in [6.45, 7) is 4.00. The van der Waals surface area contributed by atoms with Gasteiger partial charge in [-0.05, 0) is 19.3 Å². The van der Waals surface area contributed by atoms with Crippen LogP contribution in [0.4, 0.5) is 0 Å². The molecular formula is C9H18O2. The highest BCUT2D eigenvalue weighted by Crippen LogP contribution is 2.19. The SMILES string of the molecule is CCC(O)(CC)CC=CCO. The molecule has 0 unspecified atom stereocenters. The van der Waals surface area contributed by atoms with Crippen molar-refractivity contribution >= 4 is 0 Å². The maximum absolute atomic E-state index is 9.72. The normalized spacial score (nSPS) is 12.7. The van der Waals surface area contributed by atoms with Gasteiger partial charge in [-0.15, -0.1) is 0 Å². The van der Waals surface area contributed by atoms with Gasteiger partial charge in [-0.1, -0.05) is 26.0 Å². The highest BCUT2D eigenvalue weighted by Gasteiger charge is 2.19. The lowest BCUT2D eigenvalue weighted by molar-refractivity contribution is 0.0352. The van der Waals surface area contributed by atoms with Gasteiger partial charge in [-0.2, -0.15) is 0 Å². The second-order valence-corrected chi connectivity index (χ2v) is 2.79. The molecule has 0 aliphatic rings. The Morgan fingerprint density at radius 1 is 1.18 bits per heavy atom. The Labute approximate surface area is 68.6 Å². The van der Waals surface area contributed by atoms with Gasteiger partial charge in [0.05, 0.1) is 12.2 Å². The molecule has 66 valence electrons. The minimum Gasteiger partial charge on any atom is -0.392 e. The van der Waals surface area contributed by atoms with Gasteiger partial charge in [-0.25, -0.2) is 0 Å². The molecule has 0 atom stereocenters. The molecule has 2 heteroatoms. The summed E-state index contributed by atoms with van der Waals surface area (Å²) in [6.07, 6.45) is 5.66. The summed E-state index contributed by atoms with van der Waals surface area (Å²) < 4.78 is 0. The fraction of sp³-hybridized carbons (Fsp3) is 0.778. The fourth-order valence-corrected chi connectivity index (χ4v) is 0.916. The maximum Gasteiger partial charge on any atom is 0.0676 e. The molecule has 0 aliphatic carbocycles. The molecule has 0 amide bonds. The smallest absolute Gasteiger partial charge is 0.0676 e. The highest BCUT2D eigenvalue weighted by atomic mass is 16.3. The molecule has 0 aromatic rings. The zero-order chi connectivity index (χ0) is 8.74. The molecule has 0 bridgehead atoms. The van der Waals surface area contributed by atoms with Crippen molar-refractivity contribution < 1.29 is 10.2 Å². The zero-order valence-corrected chi connectivity index (χ0v) is 7.38. The summed E-state index contributed by atoms with van der Waals surface area (Å²) in [6, 6.07) is 0. The average Bonchev–Trinajstić information content (AvgIpc) is 2.05. The van der Waals surface area contributed by atoms with Crippen LogP contribution in [0.25, 0.3) is 0 Å². The number of aliphatic hydroxyl groups excluding tert-OH is 1. The van der Waals surface area contributed by atoms with E-state index in [0.29, 0.717) is 6.42 Å². The third-order valence-corrected chi connectivity index (χ3v) is 2.09. The first kappa shape index (κ1) is 10.7. The average molecular weight is 158 g/mol. The summed E-state index contributed by atoms with van der Waals surface area (Å²) in [5.41, 5.74) is -0.564. The van der Waals surface area contributed by atoms with E-state index in [1.54, 1.807) is 6.08 Å². The van der Waals surface area contributed by atoms with Gasteiger partial charge in [0.15, 0.2) is 0 Å². The number of aliphatic hydroxyl groups is 2. The second kappa shape index (κ2) is 5.33. The van der Waals surface area contributed by atoms with Crippen molar-refractivity contribution in [2.45, 2.75) is 38.7 Å². The third kappa shape index (κ3) is 4.17. The van der Waals surface area contributed by atoms with E-state index in [2.05, 4.69) is 0 Å². The molecule has 0 fully saturated rings. The maximum atomic E-state index is 9.72. The first-order valence-electron chi connectivity index (χ1n) is 4.16. The van der Waals surface area contributed by atoms with Crippen molar-refractivity contribution in [3.8, 4) is 0 Å². The quantitative estimate of drug-likeness (QED) is 0.595. The lowest BCUT2D eigenvalue weighted by Crippen LogP contribution is -2.25. The van der Waals surface area contributed by atoms with Crippen LogP contribution in [-0.2, 0) is 0 Å². The topological polar surface area (TPSA) is 40.5 Å². The van der Waals surface area contributed by atoms with E-state index in [9.17, 15) is 5.11 Å². The van der Waals surface area contributed by atoms with E-state index in [-0.39, 0.29) is 6.61 Å². The molecule has 0 aromatic carbocycles. The summed E-state index contributed by atoms with van der Waals surface area (Å²) in [4.78, 5) is 0. The summed E-state index contributed by atoms with van der Waals surface area (Å²) in [5, 5.41) is 18.2. The predicted molar refractivity (Wildman–Crippen MR) is 46.4 cm³/mol. The Morgan fingerprint density at radius 2 is 1.73 bits per heavy atom. The van der Waals surface area contributed by atoms with Gasteiger partial charge < -0.3 is 10.2 Å². The number of hydrogen-bond acceptors (Lipinski definition) is 2. The lowest BCUT2D eigenvalue weighted by Gasteiger charge is -2.22. The molecule has 2 N–H and O–H groups in total. The van der Waals surface area contributed by atoms with E-state index < -0.39 is 5.60 Å². The van der Waals surface area contributed by atoms with Crippen LogP contribution in [0, 0.1) is 0 Å². The van der Waals surface area contributed by atoms with Crippen molar-refractivity contribution in [2.75, 3.05) is 6.61 Å². The molecule has 0 spiro atoms. The van der Waals surface area contributed by atoms with E-state index >= 15 is 0 Å². The largest absolute Gasteiger partial charge is 0.392 e. The molecule has 0 heterocycles. The molecule has 0 rings (SSSR count). The van der Waals surface area contributed by atoms with Crippen LogP contribution in [-0.4, -0.2) is 22.4 Å². The van der Waals surface area contributed by atoms with Gasteiger partial charge in [-0.3, -0.25) is 0 Å². The number of hydrogen-bond donors (Lipinski definition) is 2. The van der Waals surface area contributed by atoms with Crippen molar-refractivity contribution in [1.82, 2.24) is 0 Å². The van der Waals surface area contributed by atoms with E-state index in [1.165, 1.54) is 0 Å². The standard InChI is InChI=1S/C9H18O2/c1-3-9(11,4-2)7-5-6-8-10/h5-6,10-11H,3-4,7-8H2,1-2H3. The Bertz CT molecular complexity index is 115. The molecular weight excluding hydrogens is 140 g/mol. The minimum absolute atomic E-state index is 0.0590. The van der Waals surface area contributed by atoms with Gasteiger partial charge in [0, 0.05) is 0 Å². The monoisotopic (exact) mass is 158 g/mol. The van der Waals surface area contributed by atoms with Crippen LogP contribution in [0.15, 0.2) is 12.2 Å². The Balaban J connectivity index is 3.77. The first-order chi connectivity index (χ1) is 5.18. The predicted octanol–water partition coefficient (Wildman–Crippen LogP) is 1.48. The fourth-order valence-electron chi connectivity index (χ4n) is 0.916. The summed E-state index contributed by atoms with van der Waals surface area (Å²) >= 11 is 0. The summed E-state index contributed by atoms with van der Waals surface area (Å²) in [5.74, 6) is 0. The van der Waals surface area contributed by atoms with Gasteiger partial charge >= 0.3 is 0 Å². The van der Waals surface area contributed by atoms with Crippen LogP contribution in [0.2, 0.25) is 0 Å². The Hall–Kier alpha value is -0.340. The molecule has 0 aromatic heterocycles. The molecule has 2 nitrogen and oxygen atoms in total. The third-order valence-electron chi connectivity index (χ3n) is 2.09. The van der Waals surface area contributed by atoms with Gasteiger partial charge in [0.25, 0.3) is 0 Å². The van der Waals surface area contributed by atoms with Crippen LogP contribution >= 0.6 is 0 Å². The van der Waals surface area contributed by atoms with E-state index in [1.807, 2.05) is 19.9 Å². The van der Waals surface area contributed by atoms with Gasteiger partial charge in [0.2, 0.25) is 0 Å².